The zero-order chi connectivity index (χ0) is 22.6. The molecule has 0 bridgehead atoms. The molecule has 0 fully saturated rings. The summed E-state index contributed by atoms with van der Waals surface area (Å²) in [7, 11) is 3.41. The maximum atomic E-state index is 13.4. The van der Waals surface area contributed by atoms with Crippen LogP contribution in [0.25, 0.3) is 0 Å². The fraction of sp³-hybridized carbons (Fsp3) is 0.458. The largest absolute Gasteiger partial charge is 0.461 e. The van der Waals surface area contributed by atoms with Gasteiger partial charge in [-0.15, -0.1) is 0 Å². The summed E-state index contributed by atoms with van der Waals surface area (Å²) >= 11 is 0. The van der Waals surface area contributed by atoms with Crippen LogP contribution in [0.5, 0.6) is 0 Å². The van der Waals surface area contributed by atoms with Crippen LogP contribution >= 0.6 is 0 Å². The van der Waals surface area contributed by atoms with Crippen LogP contribution in [0.3, 0.4) is 0 Å². The van der Waals surface area contributed by atoms with Crippen LogP contribution in [-0.2, 0) is 16.6 Å². The minimum atomic E-state index is -0.662. The summed E-state index contributed by atoms with van der Waals surface area (Å²) < 4.78 is 6.83. The lowest BCUT2D eigenvalue weighted by Gasteiger charge is -2.28. The Morgan fingerprint density at radius 3 is 2.23 bits per heavy atom. The van der Waals surface area contributed by atoms with Crippen molar-refractivity contribution in [3.05, 3.63) is 58.4 Å². The molecule has 1 aromatic heterocycles. The Hall–Kier alpha value is -2.89. The molecule has 1 aromatic carbocycles. The number of hydrogen-bond donors (Lipinski definition) is 0. The number of Topliss-reactive ketones (excluding diaryl/α,β-unsaturated/α-hetero) is 1. The molecule has 0 radical (unpaired) electrons. The van der Waals surface area contributed by atoms with Crippen LogP contribution in [0, 0.1) is 13.8 Å². The normalized spacial score (nSPS) is 12.9. The van der Waals surface area contributed by atoms with E-state index in [0.717, 1.165) is 5.56 Å². The zero-order valence-electron chi connectivity index (χ0n) is 19.0. The maximum Gasteiger partial charge on any atom is 0.355 e. The van der Waals surface area contributed by atoms with Crippen molar-refractivity contribution >= 4 is 17.7 Å². The van der Waals surface area contributed by atoms with Gasteiger partial charge in [0, 0.05) is 25.4 Å². The number of rotatable bonds is 8. The molecule has 0 unspecified atom stereocenters. The molecule has 0 aliphatic carbocycles. The first kappa shape index (κ1) is 23.4. The summed E-state index contributed by atoms with van der Waals surface area (Å²) in [6.07, 6.45) is 0.643. The van der Waals surface area contributed by atoms with Gasteiger partial charge in [0.1, 0.15) is 5.69 Å². The second-order valence-corrected chi connectivity index (χ2v) is 7.57. The summed E-state index contributed by atoms with van der Waals surface area (Å²) in [6.45, 7) is 9.25. The highest BCUT2D eigenvalue weighted by molar-refractivity contribution is 6.06. The second-order valence-electron chi connectivity index (χ2n) is 7.57. The molecule has 0 spiro atoms. The number of amides is 1. The number of aromatic nitrogens is 1. The molecular weight excluding hydrogens is 380 g/mol. The number of likely N-dealkylation sites (N-methyl/N-ethyl adjacent to an activating group) is 1. The van der Waals surface area contributed by atoms with Crippen LogP contribution in [-0.4, -0.2) is 46.8 Å². The van der Waals surface area contributed by atoms with Crippen LogP contribution < -0.4 is 0 Å². The van der Waals surface area contributed by atoms with Crippen molar-refractivity contribution in [1.82, 2.24) is 9.47 Å². The van der Waals surface area contributed by atoms with E-state index in [9.17, 15) is 14.4 Å². The van der Waals surface area contributed by atoms with Crippen molar-refractivity contribution in [2.75, 3.05) is 13.7 Å². The monoisotopic (exact) mass is 412 g/mol. The van der Waals surface area contributed by atoms with Gasteiger partial charge in [-0.3, -0.25) is 9.59 Å². The Morgan fingerprint density at radius 2 is 1.70 bits per heavy atom. The van der Waals surface area contributed by atoms with Crippen molar-refractivity contribution in [3.63, 3.8) is 0 Å². The molecule has 6 heteroatoms. The van der Waals surface area contributed by atoms with Gasteiger partial charge in [-0.2, -0.15) is 0 Å². The lowest BCUT2D eigenvalue weighted by Crippen LogP contribution is -2.43. The molecule has 162 valence electrons. The van der Waals surface area contributed by atoms with E-state index >= 15 is 0 Å². The molecule has 2 aromatic rings. The Kier molecular flexibility index (Phi) is 7.59. The first-order chi connectivity index (χ1) is 14.2. The van der Waals surface area contributed by atoms with Gasteiger partial charge in [0.25, 0.3) is 0 Å². The Morgan fingerprint density at radius 1 is 1.10 bits per heavy atom. The van der Waals surface area contributed by atoms with Crippen molar-refractivity contribution in [2.24, 2.45) is 7.05 Å². The van der Waals surface area contributed by atoms with Crippen LogP contribution in [0.1, 0.15) is 70.8 Å². The number of ether oxygens (including phenoxy) is 1. The van der Waals surface area contributed by atoms with Gasteiger partial charge in [0.05, 0.1) is 18.6 Å². The number of ketones is 1. The van der Waals surface area contributed by atoms with Gasteiger partial charge in [-0.25, -0.2) is 4.79 Å². The maximum absolute atomic E-state index is 13.4. The Bertz CT molecular complexity index is 930. The molecule has 30 heavy (non-hydrogen) atoms. The molecule has 1 amide bonds. The Labute approximate surface area is 178 Å². The number of benzene rings is 1. The quantitative estimate of drug-likeness (QED) is 0.485. The molecule has 2 rings (SSSR count). The summed E-state index contributed by atoms with van der Waals surface area (Å²) in [5.41, 5.74) is 3.05. The van der Waals surface area contributed by atoms with E-state index < -0.39 is 12.0 Å². The fourth-order valence-electron chi connectivity index (χ4n) is 3.89. The van der Waals surface area contributed by atoms with Crippen molar-refractivity contribution in [2.45, 2.75) is 53.0 Å². The third-order valence-electron chi connectivity index (χ3n) is 5.86. The highest BCUT2D eigenvalue weighted by Gasteiger charge is 2.33. The molecule has 0 aliphatic rings. The smallest absolute Gasteiger partial charge is 0.355 e. The van der Waals surface area contributed by atoms with E-state index in [-0.39, 0.29) is 24.2 Å². The lowest BCUT2D eigenvalue weighted by molar-refractivity contribution is -0.132. The first-order valence-corrected chi connectivity index (χ1v) is 10.4. The molecule has 2 atom stereocenters. The number of esters is 1. The molecule has 0 aliphatic heterocycles. The average molecular weight is 413 g/mol. The molecular formula is C24H32N2O4. The van der Waals surface area contributed by atoms with Gasteiger partial charge in [0.2, 0.25) is 5.91 Å². The van der Waals surface area contributed by atoms with Gasteiger partial charge in [-0.1, -0.05) is 37.3 Å². The van der Waals surface area contributed by atoms with E-state index in [1.54, 1.807) is 46.4 Å². The van der Waals surface area contributed by atoms with E-state index in [0.29, 0.717) is 28.9 Å². The molecule has 0 saturated carbocycles. The molecule has 0 saturated heterocycles. The van der Waals surface area contributed by atoms with Crippen molar-refractivity contribution in [1.29, 1.82) is 0 Å². The second kappa shape index (κ2) is 9.74. The third kappa shape index (κ3) is 4.32. The van der Waals surface area contributed by atoms with E-state index in [2.05, 4.69) is 0 Å². The highest BCUT2D eigenvalue weighted by atomic mass is 16.5. The zero-order valence-corrected chi connectivity index (χ0v) is 19.0. The topological polar surface area (TPSA) is 68.6 Å². The van der Waals surface area contributed by atoms with Gasteiger partial charge < -0.3 is 14.2 Å². The van der Waals surface area contributed by atoms with Crippen LogP contribution in [0.2, 0.25) is 0 Å². The number of carbonyl (C=O) groups excluding carboxylic acids is 3. The van der Waals surface area contributed by atoms with Crippen molar-refractivity contribution < 1.29 is 19.1 Å². The molecule has 1 heterocycles. The SMILES string of the molecule is CCOC(=O)c1c(C)c(C(=O)[C@@H](C)N(C)C(=O)[C@H](CC)c2ccccc2)c(C)n1C. The number of hydrogen-bond acceptors (Lipinski definition) is 4. The molecule has 6 nitrogen and oxygen atoms in total. The van der Waals surface area contributed by atoms with Gasteiger partial charge in [-0.05, 0) is 45.2 Å². The summed E-state index contributed by atoms with van der Waals surface area (Å²) in [5, 5.41) is 0. The van der Waals surface area contributed by atoms with Gasteiger partial charge >= 0.3 is 5.97 Å². The third-order valence-corrected chi connectivity index (χ3v) is 5.86. The summed E-state index contributed by atoms with van der Waals surface area (Å²) in [6, 6.07) is 8.94. The summed E-state index contributed by atoms with van der Waals surface area (Å²) in [4.78, 5) is 40.4. The van der Waals surface area contributed by atoms with Crippen molar-refractivity contribution in [3.8, 4) is 0 Å². The lowest BCUT2D eigenvalue weighted by atomic mass is 9.93. The van der Waals surface area contributed by atoms with E-state index in [1.165, 1.54) is 4.90 Å². The first-order valence-electron chi connectivity index (χ1n) is 10.4. The molecule has 0 N–H and O–H groups in total. The van der Waals surface area contributed by atoms with E-state index in [1.807, 2.05) is 37.3 Å². The standard InChI is InChI=1S/C24H32N2O4/c1-8-19(18-13-11-10-12-14-18)23(28)26(7)17(5)22(27)20-15(3)21(24(29)30-9-2)25(6)16(20)4/h10-14,17,19H,8-9H2,1-7H3/t17-,19-/m1/s1. The highest BCUT2D eigenvalue weighted by Crippen LogP contribution is 2.26. The van der Waals surface area contributed by atoms with Crippen LogP contribution in [0.15, 0.2) is 30.3 Å². The van der Waals surface area contributed by atoms with Gasteiger partial charge in [0.15, 0.2) is 5.78 Å². The summed E-state index contributed by atoms with van der Waals surface area (Å²) in [5.74, 6) is -1.04. The minimum absolute atomic E-state index is 0.0959. The van der Waals surface area contributed by atoms with Crippen LogP contribution in [0.4, 0.5) is 0 Å². The fourth-order valence-corrected chi connectivity index (χ4v) is 3.89. The Balaban J connectivity index is 2.34. The number of carbonyl (C=O) groups is 3. The predicted molar refractivity (Wildman–Crippen MR) is 117 cm³/mol. The average Bonchev–Trinajstić information content (AvgIpc) is 2.96. The van der Waals surface area contributed by atoms with E-state index in [4.69, 9.17) is 4.74 Å². The number of nitrogens with zero attached hydrogens (tertiary/aromatic N) is 2. The predicted octanol–water partition coefficient (Wildman–Crippen LogP) is 4.04. The minimum Gasteiger partial charge on any atom is -0.461 e.